The summed E-state index contributed by atoms with van der Waals surface area (Å²) in [4.78, 5) is 0. The van der Waals surface area contributed by atoms with Crippen LogP contribution >= 0.6 is 0 Å². The molecule has 2 fully saturated rings. The van der Waals surface area contributed by atoms with Crippen LogP contribution in [-0.2, 0) is 4.74 Å². The maximum absolute atomic E-state index is 9.48. The van der Waals surface area contributed by atoms with Gasteiger partial charge in [-0.2, -0.15) is 0 Å². The van der Waals surface area contributed by atoms with Crippen LogP contribution in [0, 0.1) is 24.2 Å². The number of ether oxygens (including phenoxy) is 1. The topological polar surface area (TPSA) is 49.7 Å². The first kappa shape index (κ1) is 8.06. The van der Waals surface area contributed by atoms with Gasteiger partial charge in [0.15, 0.2) is 6.29 Å². The lowest BCUT2D eigenvalue weighted by molar-refractivity contribution is -0.0949. The van der Waals surface area contributed by atoms with E-state index >= 15 is 0 Å². The van der Waals surface area contributed by atoms with Gasteiger partial charge in [-0.25, -0.2) is 0 Å². The van der Waals surface area contributed by atoms with Crippen LogP contribution in [0.25, 0.3) is 0 Å². The van der Waals surface area contributed by atoms with Gasteiger partial charge >= 0.3 is 0 Å². The SMILES string of the molecule is C#CC1C(O)CC2OC(O)CC21. The van der Waals surface area contributed by atoms with Crippen LogP contribution in [0.4, 0.5) is 0 Å². The van der Waals surface area contributed by atoms with Crippen molar-refractivity contribution >= 4 is 0 Å². The normalized spacial score (nSPS) is 51.9. The number of aliphatic hydroxyl groups is 2. The Hall–Kier alpha value is -0.560. The third kappa shape index (κ3) is 1.04. The van der Waals surface area contributed by atoms with Crippen molar-refractivity contribution in [3.8, 4) is 12.3 Å². The molecule has 5 atom stereocenters. The van der Waals surface area contributed by atoms with E-state index in [-0.39, 0.29) is 17.9 Å². The summed E-state index contributed by atoms with van der Waals surface area (Å²) in [6.07, 6.45) is 5.25. The van der Waals surface area contributed by atoms with Crippen LogP contribution in [0.2, 0.25) is 0 Å². The van der Waals surface area contributed by atoms with Crippen molar-refractivity contribution in [1.82, 2.24) is 0 Å². The summed E-state index contributed by atoms with van der Waals surface area (Å²) in [5, 5.41) is 18.6. The van der Waals surface area contributed by atoms with Gasteiger partial charge in [-0.15, -0.1) is 12.3 Å². The number of terminal acetylenes is 1. The fourth-order valence-corrected chi connectivity index (χ4v) is 2.26. The molecule has 1 aliphatic carbocycles. The zero-order valence-corrected chi connectivity index (χ0v) is 6.68. The van der Waals surface area contributed by atoms with E-state index in [1.165, 1.54) is 0 Å². The average molecular weight is 168 g/mol. The maximum atomic E-state index is 9.48. The molecule has 3 nitrogen and oxygen atoms in total. The van der Waals surface area contributed by atoms with Crippen molar-refractivity contribution in [3.05, 3.63) is 0 Å². The van der Waals surface area contributed by atoms with E-state index in [9.17, 15) is 5.11 Å². The van der Waals surface area contributed by atoms with E-state index in [1.807, 2.05) is 0 Å². The standard InChI is InChI=1S/C9H12O3/c1-2-5-6-3-9(11)12-8(6)4-7(5)10/h1,5-11H,3-4H2. The highest BCUT2D eigenvalue weighted by atomic mass is 16.6. The molecule has 0 spiro atoms. The van der Waals surface area contributed by atoms with Gasteiger partial charge in [0.1, 0.15) is 0 Å². The van der Waals surface area contributed by atoms with E-state index in [4.69, 9.17) is 16.3 Å². The lowest BCUT2D eigenvalue weighted by atomic mass is 9.93. The lowest BCUT2D eigenvalue weighted by Gasteiger charge is -2.12. The van der Waals surface area contributed by atoms with Crippen LogP contribution in [-0.4, -0.2) is 28.7 Å². The van der Waals surface area contributed by atoms with Crippen LogP contribution in [0.15, 0.2) is 0 Å². The Morgan fingerprint density at radius 3 is 2.75 bits per heavy atom. The van der Waals surface area contributed by atoms with Crippen LogP contribution in [0.5, 0.6) is 0 Å². The predicted octanol–water partition coefficient (Wildman–Crippen LogP) is -0.276. The van der Waals surface area contributed by atoms with Gasteiger partial charge in [0.25, 0.3) is 0 Å². The third-order valence-electron chi connectivity index (χ3n) is 2.83. The molecule has 0 aromatic carbocycles. The molecule has 1 heterocycles. The molecule has 5 unspecified atom stereocenters. The Morgan fingerprint density at radius 2 is 2.08 bits per heavy atom. The molecule has 3 heteroatoms. The number of fused-ring (bicyclic) bond motifs is 1. The molecule has 2 N–H and O–H groups in total. The Labute approximate surface area is 71.3 Å². The number of rotatable bonds is 0. The first-order valence-electron chi connectivity index (χ1n) is 4.20. The molecule has 2 rings (SSSR count). The molecular formula is C9H12O3. The van der Waals surface area contributed by atoms with Gasteiger partial charge in [0.2, 0.25) is 0 Å². The zero-order valence-electron chi connectivity index (χ0n) is 6.68. The van der Waals surface area contributed by atoms with Gasteiger partial charge in [0, 0.05) is 18.8 Å². The Kier molecular flexibility index (Phi) is 1.84. The largest absolute Gasteiger partial charge is 0.392 e. The van der Waals surface area contributed by atoms with E-state index in [0.29, 0.717) is 12.8 Å². The van der Waals surface area contributed by atoms with Crippen LogP contribution in [0.3, 0.4) is 0 Å². The molecule has 0 bridgehead atoms. The summed E-state index contributed by atoms with van der Waals surface area (Å²) in [6, 6.07) is 0. The van der Waals surface area contributed by atoms with Crippen molar-refractivity contribution in [3.63, 3.8) is 0 Å². The molecule has 1 saturated carbocycles. The van der Waals surface area contributed by atoms with E-state index < -0.39 is 12.4 Å². The molecule has 66 valence electrons. The summed E-state index contributed by atoms with van der Waals surface area (Å²) in [5.41, 5.74) is 0. The second kappa shape index (κ2) is 2.74. The first-order valence-corrected chi connectivity index (χ1v) is 4.20. The van der Waals surface area contributed by atoms with E-state index in [0.717, 1.165) is 0 Å². The van der Waals surface area contributed by atoms with E-state index in [2.05, 4.69) is 5.92 Å². The molecule has 1 saturated heterocycles. The molecule has 0 aromatic heterocycles. The molecule has 1 aliphatic heterocycles. The second-order valence-electron chi connectivity index (χ2n) is 3.52. The maximum Gasteiger partial charge on any atom is 0.155 e. The minimum Gasteiger partial charge on any atom is -0.392 e. The van der Waals surface area contributed by atoms with Gasteiger partial charge < -0.3 is 14.9 Å². The monoisotopic (exact) mass is 168 g/mol. The van der Waals surface area contributed by atoms with Crippen LogP contribution < -0.4 is 0 Å². The van der Waals surface area contributed by atoms with Crippen LogP contribution in [0.1, 0.15) is 12.8 Å². The fraction of sp³-hybridized carbons (Fsp3) is 0.778. The Bertz CT molecular complexity index is 220. The van der Waals surface area contributed by atoms with Crippen molar-refractivity contribution in [1.29, 1.82) is 0 Å². The van der Waals surface area contributed by atoms with Crippen molar-refractivity contribution in [2.24, 2.45) is 11.8 Å². The quantitative estimate of drug-likeness (QED) is 0.489. The van der Waals surface area contributed by atoms with Crippen molar-refractivity contribution < 1.29 is 14.9 Å². The highest BCUT2D eigenvalue weighted by Gasteiger charge is 2.48. The molecule has 0 amide bonds. The van der Waals surface area contributed by atoms with Gasteiger partial charge in [-0.05, 0) is 0 Å². The molecular weight excluding hydrogens is 156 g/mol. The number of hydrogen-bond acceptors (Lipinski definition) is 3. The molecule has 12 heavy (non-hydrogen) atoms. The first-order chi connectivity index (χ1) is 5.72. The van der Waals surface area contributed by atoms with Crippen molar-refractivity contribution in [2.75, 3.05) is 0 Å². The smallest absolute Gasteiger partial charge is 0.155 e. The number of hydrogen-bond donors (Lipinski definition) is 2. The molecule has 2 aliphatic rings. The van der Waals surface area contributed by atoms with Crippen molar-refractivity contribution in [2.45, 2.75) is 31.3 Å². The van der Waals surface area contributed by atoms with Gasteiger partial charge in [-0.1, -0.05) is 0 Å². The summed E-state index contributed by atoms with van der Waals surface area (Å²) >= 11 is 0. The molecule has 0 radical (unpaired) electrons. The second-order valence-corrected chi connectivity index (χ2v) is 3.52. The summed E-state index contributed by atoms with van der Waals surface area (Å²) in [5.74, 6) is 2.59. The summed E-state index contributed by atoms with van der Waals surface area (Å²) in [7, 11) is 0. The Balaban J connectivity index is 2.13. The summed E-state index contributed by atoms with van der Waals surface area (Å²) in [6.45, 7) is 0. The van der Waals surface area contributed by atoms with Gasteiger partial charge in [-0.3, -0.25) is 0 Å². The predicted molar refractivity (Wildman–Crippen MR) is 41.9 cm³/mol. The highest BCUT2D eigenvalue weighted by Crippen LogP contribution is 2.42. The highest BCUT2D eigenvalue weighted by molar-refractivity contribution is 5.08. The number of aliphatic hydroxyl groups excluding tert-OH is 2. The minimum atomic E-state index is -0.677. The fourth-order valence-electron chi connectivity index (χ4n) is 2.26. The summed E-state index contributed by atoms with van der Waals surface area (Å²) < 4.78 is 5.19. The molecule has 0 aromatic rings. The third-order valence-corrected chi connectivity index (χ3v) is 2.83. The Morgan fingerprint density at radius 1 is 1.33 bits per heavy atom. The lowest BCUT2D eigenvalue weighted by Crippen LogP contribution is -2.18. The minimum absolute atomic E-state index is 0.0314. The average Bonchev–Trinajstić information content (AvgIpc) is 2.43. The van der Waals surface area contributed by atoms with Gasteiger partial charge in [0.05, 0.1) is 18.1 Å². The zero-order chi connectivity index (χ0) is 8.72. The van der Waals surface area contributed by atoms with E-state index in [1.54, 1.807) is 0 Å².